The number of halogens is 3. The van der Waals surface area contributed by atoms with Crippen LogP contribution in [0.2, 0.25) is 15.1 Å². The van der Waals surface area contributed by atoms with Gasteiger partial charge in [0.2, 0.25) is 5.91 Å². The number of nitrogens with one attached hydrogen (secondary N) is 1. The van der Waals surface area contributed by atoms with Gasteiger partial charge in [-0.05, 0) is 49.1 Å². The topological polar surface area (TPSA) is 58.6 Å². The molecule has 0 aromatic heterocycles. The van der Waals surface area contributed by atoms with Crippen LogP contribution in [0.3, 0.4) is 0 Å². The van der Waals surface area contributed by atoms with Crippen LogP contribution in [0.15, 0.2) is 42.5 Å². The number of amides is 2. The van der Waals surface area contributed by atoms with Crippen LogP contribution in [0.4, 0.5) is 0 Å². The summed E-state index contributed by atoms with van der Waals surface area (Å²) in [6.07, 6.45) is 5.83. The van der Waals surface area contributed by atoms with E-state index in [0.717, 1.165) is 31.2 Å². The van der Waals surface area contributed by atoms with Crippen molar-refractivity contribution in [2.24, 2.45) is 0 Å². The summed E-state index contributed by atoms with van der Waals surface area (Å²) in [6.45, 7) is 1.87. The molecule has 2 amide bonds. The summed E-state index contributed by atoms with van der Waals surface area (Å²) in [4.78, 5) is 28.1. The molecular formula is C25H29Cl3N2O3. The van der Waals surface area contributed by atoms with Gasteiger partial charge in [0.1, 0.15) is 11.8 Å². The lowest BCUT2D eigenvalue weighted by Crippen LogP contribution is -2.52. The summed E-state index contributed by atoms with van der Waals surface area (Å²) in [5, 5.41) is 4.40. The van der Waals surface area contributed by atoms with E-state index in [2.05, 4.69) is 5.32 Å². The second-order valence-corrected chi connectivity index (χ2v) is 9.48. The van der Waals surface area contributed by atoms with Crippen LogP contribution in [0.5, 0.6) is 5.75 Å². The van der Waals surface area contributed by atoms with E-state index in [-0.39, 0.29) is 31.0 Å². The zero-order valence-corrected chi connectivity index (χ0v) is 20.9. The average Bonchev–Trinajstić information content (AvgIpc) is 2.81. The first-order valence-electron chi connectivity index (χ1n) is 11.3. The average molecular weight is 512 g/mol. The molecule has 1 fully saturated rings. The van der Waals surface area contributed by atoms with Gasteiger partial charge in [-0.3, -0.25) is 9.59 Å². The SMILES string of the molecule is CC[C@@H](C(=O)NC1CCCCC1)N(Cc1ccc(Cl)c(Cl)c1)C(=O)COc1ccccc1Cl. The first-order chi connectivity index (χ1) is 15.9. The maximum atomic E-state index is 13.3. The molecule has 0 spiro atoms. The molecule has 33 heavy (non-hydrogen) atoms. The molecule has 2 aromatic carbocycles. The largest absolute Gasteiger partial charge is 0.482 e. The highest BCUT2D eigenvalue weighted by atomic mass is 35.5. The summed E-state index contributed by atoms with van der Waals surface area (Å²) in [5.41, 5.74) is 0.777. The molecule has 8 heteroatoms. The summed E-state index contributed by atoms with van der Waals surface area (Å²) >= 11 is 18.4. The molecule has 0 saturated heterocycles. The smallest absolute Gasteiger partial charge is 0.261 e. The van der Waals surface area contributed by atoms with Crippen molar-refractivity contribution in [1.29, 1.82) is 0 Å². The van der Waals surface area contributed by atoms with Crippen LogP contribution < -0.4 is 10.1 Å². The highest BCUT2D eigenvalue weighted by Gasteiger charge is 2.30. The number of hydrogen-bond donors (Lipinski definition) is 1. The number of carbonyl (C=O) groups is 2. The minimum Gasteiger partial charge on any atom is -0.482 e. The van der Waals surface area contributed by atoms with Gasteiger partial charge in [-0.25, -0.2) is 0 Å². The quantitative estimate of drug-likeness (QED) is 0.431. The Hall–Kier alpha value is -1.95. The molecule has 3 rings (SSSR count). The Kier molecular flexibility index (Phi) is 9.72. The number of para-hydroxylation sites is 1. The molecule has 178 valence electrons. The van der Waals surface area contributed by atoms with E-state index in [1.807, 2.05) is 6.92 Å². The molecule has 1 aliphatic carbocycles. The van der Waals surface area contributed by atoms with Gasteiger partial charge >= 0.3 is 0 Å². The molecule has 2 aromatic rings. The van der Waals surface area contributed by atoms with Crippen LogP contribution in [0.25, 0.3) is 0 Å². The van der Waals surface area contributed by atoms with Gasteiger partial charge in [-0.1, -0.05) is 79.2 Å². The molecule has 0 unspecified atom stereocenters. The summed E-state index contributed by atoms with van der Waals surface area (Å²) < 4.78 is 5.68. The lowest BCUT2D eigenvalue weighted by Gasteiger charge is -2.32. The molecule has 5 nitrogen and oxygen atoms in total. The van der Waals surface area contributed by atoms with E-state index < -0.39 is 6.04 Å². The van der Waals surface area contributed by atoms with E-state index in [4.69, 9.17) is 39.5 Å². The fraction of sp³-hybridized carbons (Fsp3) is 0.440. The van der Waals surface area contributed by atoms with Gasteiger partial charge in [0.05, 0.1) is 15.1 Å². The Balaban J connectivity index is 1.78. The van der Waals surface area contributed by atoms with Crippen molar-refractivity contribution >= 4 is 46.6 Å². The summed E-state index contributed by atoms with van der Waals surface area (Å²) in [5.74, 6) is -0.0381. The Morgan fingerprint density at radius 2 is 1.76 bits per heavy atom. The predicted octanol–water partition coefficient (Wildman–Crippen LogP) is 6.28. The van der Waals surface area contributed by atoms with E-state index in [1.165, 1.54) is 6.42 Å². The van der Waals surface area contributed by atoms with Crippen molar-refractivity contribution in [2.45, 2.75) is 64.1 Å². The number of rotatable bonds is 9. The van der Waals surface area contributed by atoms with E-state index in [0.29, 0.717) is 27.2 Å². The lowest BCUT2D eigenvalue weighted by atomic mass is 9.95. The normalized spacial score (nSPS) is 15.0. The van der Waals surface area contributed by atoms with Crippen molar-refractivity contribution in [3.05, 3.63) is 63.1 Å². The summed E-state index contributed by atoms with van der Waals surface area (Å²) in [6, 6.07) is 11.7. The van der Waals surface area contributed by atoms with Crippen molar-refractivity contribution in [3.63, 3.8) is 0 Å². The molecule has 1 N–H and O–H groups in total. The molecule has 1 atom stereocenters. The second kappa shape index (κ2) is 12.5. The van der Waals surface area contributed by atoms with Gasteiger partial charge in [0, 0.05) is 12.6 Å². The van der Waals surface area contributed by atoms with Gasteiger partial charge in [-0.15, -0.1) is 0 Å². The number of hydrogen-bond acceptors (Lipinski definition) is 3. The predicted molar refractivity (Wildman–Crippen MR) is 133 cm³/mol. The van der Waals surface area contributed by atoms with Gasteiger partial charge < -0.3 is 15.0 Å². The maximum absolute atomic E-state index is 13.3. The van der Waals surface area contributed by atoms with Gasteiger partial charge in [-0.2, -0.15) is 0 Å². The zero-order chi connectivity index (χ0) is 23.8. The van der Waals surface area contributed by atoms with Gasteiger partial charge in [0.25, 0.3) is 5.91 Å². The number of benzene rings is 2. The monoisotopic (exact) mass is 510 g/mol. The molecule has 0 radical (unpaired) electrons. The number of ether oxygens (including phenoxy) is 1. The van der Waals surface area contributed by atoms with Crippen molar-refractivity contribution in [3.8, 4) is 5.75 Å². The van der Waals surface area contributed by atoms with Crippen molar-refractivity contribution < 1.29 is 14.3 Å². The molecular weight excluding hydrogens is 483 g/mol. The highest BCUT2D eigenvalue weighted by Crippen LogP contribution is 2.26. The fourth-order valence-electron chi connectivity index (χ4n) is 4.08. The third-order valence-corrected chi connectivity index (χ3v) is 6.91. The first kappa shape index (κ1) is 25.7. The third-order valence-electron chi connectivity index (χ3n) is 5.86. The van der Waals surface area contributed by atoms with Gasteiger partial charge in [0.15, 0.2) is 6.61 Å². The van der Waals surface area contributed by atoms with Crippen molar-refractivity contribution in [1.82, 2.24) is 10.2 Å². The van der Waals surface area contributed by atoms with Crippen LogP contribution >= 0.6 is 34.8 Å². The van der Waals surface area contributed by atoms with Crippen LogP contribution in [0.1, 0.15) is 51.0 Å². The van der Waals surface area contributed by atoms with Crippen LogP contribution in [-0.2, 0) is 16.1 Å². The molecule has 1 aliphatic rings. The Morgan fingerprint density at radius 3 is 2.42 bits per heavy atom. The Morgan fingerprint density at radius 1 is 1.03 bits per heavy atom. The standard InChI is InChI=1S/C25H29Cl3N2O3/c1-2-22(25(32)29-18-8-4-3-5-9-18)30(15-17-12-13-19(26)21(28)14-17)24(31)16-33-23-11-7-6-10-20(23)27/h6-7,10-14,18,22H,2-5,8-9,15-16H2,1H3,(H,29,32)/t22-/m0/s1. The van der Waals surface area contributed by atoms with E-state index in [1.54, 1.807) is 47.4 Å². The first-order valence-corrected chi connectivity index (χ1v) is 12.4. The second-order valence-electron chi connectivity index (χ2n) is 8.26. The van der Waals surface area contributed by atoms with Crippen LogP contribution in [0, 0.1) is 0 Å². The maximum Gasteiger partial charge on any atom is 0.261 e. The Labute approximate surface area is 210 Å². The fourth-order valence-corrected chi connectivity index (χ4v) is 4.59. The highest BCUT2D eigenvalue weighted by molar-refractivity contribution is 6.42. The van der Waals surface area contributed by atoms with E-state index in [9.17, 15) is 9.59 Å². The zero-order valence-electron chi connectivity index (χ0n) is 18.7. The molecule has 0 bridgehead atoms. The molecule has 0 heterocycles. The minimum atomic E-state index is -0.635. The lowest BCUT2D eigenvalue weighted by molar-refractivity contribution is -0.143. The number of nitrogens with zero attached hydrogens (tertiary/aromatic N) is 1. The minimum absolute atomic E-state index is 0.143. The Bertz CT molecular complexity index is 964. The summed E-state index contributed by atoms with van der Waals surface area (Å²) in [7, 11) is 0. The van der Waals surface area contributed by atoms with E-state index >= 15 is 0 Å². The van der Waals surface area contributed by atoms with Crippen LogP contribution in [-0.4, -0.2) is 35.4 Å². The van der Waals surface area contributed by atoms with Crippen molar-refractivity contribution in [2.75, 3.05) is 6.61 Å². The molecule has 0 aliphatic heterocycles. The number of carbonyl (C=O) groups excluding carboxylic acids is 2. The third kappa shape index (κ3) is 7.26. The molecule has 1 saturated carbocycles.